The Hall–Kier alpha value is 0.490. The number of carboxylic acid groups (broad SMARTS) is 1. The summed E-state index contributed by atoms with van der Waals surface area (Å²) in [7, 11) is -0.461. The van der Waals surface area contributed by atoms with Gasteiger partial charge in [-0.15, -0.1) is 0 Å². The van der Waals surface area contributed by atoms with Gasteiger partial charge in [-0.25, -0.2) is 0 Å². The molecule has 13 heavy (non-hydrogen) atoms. The van der Waals surface area contributed by atoms with Gasteiger partial charge in [-0.1, -0.05) is 6.92 Å². The van der Waals surface area contributed by atoms with Crippen LogP contribution in [0.5, 0.6) is 0 Å². The molecule has 0 rings (SSSR count). The molecule has 0 fully saturated rings. The van der Waals surface area contributed by atoms with Gasteiger partial charge in [0.2, 0.25) is 0 Å². The Morgan fingerprint density at radius 2 is 2.08 bits per heavy atom. The summed E-state index contributed by atoms with van der Waals surface area (Å²) < 4.78 is 4.42. The zero-order valence-electron chi connectivity index (χ0n) is 6.61. The standard InChI is InChI=1S/C6H11O5P.Na.H/c1-4(6(9)10)2-5(8)12-11-3-7;;/h4,7,12H,2-3H2,1H3,(H,9,10);;. The van der Waals surface area contributed by atoms with Crippen molar-refractivity contribution in [3.8, 4) is 0 Å². The van der Waals surface area contributed by atoms with E-state index in [9.17, 15) is 9.59 Å². The van der Waals surface area contributed by atoms with Crippen molar-refractivity contribution in [1.82, 2.24) is 0 Å². The van der Waals surface area contributed by atoms with E-state index in [4.69, 9.17) is 10.2 Å². The summed E-state index contributed by atoms with van der Waals surface area (Å²) in [6.45, 7) is 0.940. The number of aliphatic hydroxyl groups is 1. The quantitative estimate of drug-likeness (QED) is 0.358. The van der Waals surface area contributed by atoms with E-state index < -0.39 is 27.5 Å². The molecule has 5 nitrogen and oxygen atoms in total. The second-order valence-electron chi connectivity index (χ2n) is 2.24. The number of carbonyl (C=O) groups excluding carboxylic acids is 1. The Morgan fingerprint density at radius 1 is 1.54 bits per heavy atom. The van der Waals surface area contributed by atoms with Gasteiger partial charge in [0.05, 0.1) is 14.7 Å². The fraction of sp³-hybridized carbons (Fsp3) is 0.667. The molecule has 0 aromatic rings. The first kappa shape index (κ1) is 15.9. The van der Waals surface area contributed by atoms with Crippen LogP contribution in [0.3, 0.4) is 0 Å². The van der Waals surface area contributed by atoms with Crippen LogP contribution >= 0.6 is 8.81 Å². The van der Waals surface area contributed by atoms with Crippen molar-refractivity contribution in [3.05, 3.63) is 0 Å². The van der Waals surface area contributed by atoms with Crippen molar-refractivity contribution in [3.63, 3.8) is 0 Å². The molecule has 0 bridgehead atoms. The minimum atomic E-state index is -1.00. The number of rotatable bonds is 6. The molecule has 0 aliphatic carbocycles. The van der Waals surface area contributed by atoms with Crippen LogP contribution in [0, 0.1) is 5.92 Å². The molecular weight excluding hydrogens is 206 g/mol. The molecule has 2 N–H and O–H groups in total. The van der Waals surface area contributed by atoms with Crippen molar-refractivity contribution in [2.75, 3.05) is 6.79 Å². The number of carboxylic acids is 1. The number of carbonyl (C=O) groups is 2. The van der Waals surface area contributed by atoms with E-state index in [1.807, 2.05) is 0 Å². The van der Waals surface area contributed by atoms with E-state index in [0.29, 0.717) is 0 Å². The zero-order chi connectivity index (χ0) is 9.56. The van der Waals surface area contributed by atoms with Crippen LogP contribution in [0.2, 0.25) is 0 Å². The second kappa shape index (κ2) is 9.06. The summed E-state index contributed by atoms with van der Waals surface area (Å²) in [6.07, 6.45) is -0.0478. The van der Waals surface area contributed by atoms with Crippen molar-refractivity contribution in [2.45, 2.75) is 13.3 Å². The normalized spacial score (nSPS) is 12.5. The van der Waals surface area contributed by atoms with E-state index in [1.165, 1.54) is 6.92 Å². The Labute approximate surface area is 100 Å². The van der Waals surface area contributed by atoms with Crippen LogP contribution < -0.4 is 0 Å². The predicted octanol–water partition coefficient (Wildman–Crippen LogP) is -0.465. The molecule has 0 spiro atoms. The Balaban J connectivity index is 0. The molecule has 0 saturated carbocycles. The molecule has 0 aliphatic heterocycles. The van der Waals surface area contributed by atoms with Crippen molar-refractivity contribution >= 4 is 49.9 Å². The second-order valence-corrected chi connectivity index (χ2v) is 3.29. The van der Waals surface area contributed by atoms with E-state index >= 15 is 0 Å². The van der Waals surface area contributed by atoms with Gasteiger partial charge in [-0.2, -0.15) is 0 Å². The summed E-state index contributed by atoms with van der Waals surface area (Å²) in [5, 5.41) is 16.6. The van der Waals surface area contributed by atoms with E-state index in [2.05, 4.69) is 4.52 Å². The fourth-order valence-electron chi connectivity index (χ4n) is 0.520. The van der Waals surface area contributed by atoms with Crippen molar-refractivity contribution in [1.29, 1.82) is 0 Å². The van der Waals surface area contributed by atoms with Crippen LogP contribution in [0.15, 0.2) is 0 Å². The molecule has 0 heterocycles. The first-order valence-electron chi connectivity index (χ1n) is 3.32. The number of aliphatic carboxylic acids is 1. The number of aliphatic hydroxyl groups excluding tert-OH is 1. The summed E-state index contributed by atoms with van der Waals surface area (Å²) in [5.74, 6) is -1.69. The first-order chi connectivity index (χ1) is 5.57. The van der Waals surface area contributed by atoms with Gasteiger partial charge < -0.3 is 14.7 Å². The zero-order valence-corrected chi connectivity index (χ0v) is 7.61. The van der Waals surface area contributed by atoms with Gasteiger partial charge in [0.1, 0.15) is 6.79 Å². The first-order valence-corrected chi connectivity index (χ1v) is 4.23. The van der Waals surface area contributed by atoms with Gasteiger partial charge in [0.15, 0.2) is 5.52 Å². The minimum absolute atomic E-state index is 0. The van der Waals surface area contributed by atoms with Gasteiger partial charge >= 0.3 is 35.5 Å². The average molecular weight is 218 g/mol. The van der Waals surface area contributed by atoms with Crippen molar-refractivity contribution in [2.24, 2.45) is 5.92 Å². The maximum atomic E-state index is 10.8. The van der Waals surface area contributed by atoms with Crippen LogP contribution in [0.1, 0.15) is 13.3 Å². The average Bonchev–Trinajstić information content (AvgIpc) is 2.00. The fourth-order valence-corrected chi connectivity index (χ4v) is 1.13. The number of hydrogen-bond donors (Lipinski definition) is 2. The third-order valence-electron chi connectivity index (χ3n) is 1.16. The Bertz CT molecular complexity index is 174. The summed E-state index contributed by atoms with van der Waals surface area (Å²) in [4.78, 5) is 21.1. The summed E-state index contributed by atoms with van der Waals surface area (Å²) in [6, 6.07) is 0. The molecule has 7 heteroatoms. The molecular formula is C6H12NaO5P. The predicted molar refractivity (Wildman–Crippen MR) is 50.1 cm³/mol. The molecule has 2 atom stereocenters. The Kier molecular flexibility index (Phi) is 11.1. The topological polar surface area (TPSA) is 83.8 Å². The molecule has 0 aromatic carbocycles. The van der Waals surface area contributed by atoms with Crippen LogP contribution in [0.25, 0.3) is 0 Å². The molecule has 0 amide bonds. The molecule has 2 unspecified atom stereocenters. The molecule has 72 valence electrons. The van der Waals surface area contributed by atoms with Gasteiger partial charge in [-0.3, -0.25) is 9.59 Å². The maximum absolute atomic E-state index is 10.8. The summed E-state index contributed by atoms with van der Waals surface area (Å²) >= 11 is 0. The third kappa shape index (κ3) is 8.81. The van der Waals surface area contributed by atoms with Gasteiger partial charge in [0, 0.05) is 6.42 Å². The SMILES string of the molecule is CC(CC(=O)POCO)C(=O)O.[NaH]. The van der Waals surface area contributed by atoms with Crippen LogP contribution in [-0.2, 0) is 14.1 Å². The van der Waals surface area contributed by atoms with E-state index in [-0.39, 0.29) is 41.5 Å². The molecule has 0 radical (unpaired) electrons. The Morgan fingerprint density at radius 3 is 2.46 bits per heavy atom. The molecule has 0 saturated heterocycles. The van der Waals surface area contributed by atoms with Crippen molar-refractivity contribution < 1.29 is 24.3 Å². The van der Waals surface area contributed by atoms with E-state index in [1.54, 1.807) is 0 Å². The van der Waals surface area contributed by atoms with Gasteiger partial charge in [0.25, 0.3) is 0 Å². The van der Waals surface area contributed by atoms with Crippen LogP contribution in [-0.4, -0.2) is 58.1 Å². The van der Waals surface area contributed by atoms with Gasteiger partial charge in [-0.05, 0) is 0 Å². The van der Waals surface area contributed by atoms with E-state index in [0.717, 1.165) is 0 Å². The molecule has 0 aromatic heterocycles. The summed E-state index contributed by atoms with van der Waals surface area (Å²) in [5.41, 5.74) is -0.293. The third-order valence-corrected chi connectivity index (χ3v) is 1.87. The number of hydrogen-bond acceptors (Lipinski definition) is 4. The molecule has 0 aliphatic rings. The van der Waals surface area contributed by atoms with Crippen LogP contribution in [0.4, 0.5) is 0 Å². The monoisotopic (exact) mass is 218 g/mol.